The summed E-state index contributed by atoms with van der Waals surface area (Å²) in [6.07, 6.45) is 9.38. The topological polar surface area (TPSA) is 62.6 Å². The number of hydrogen-bond acceptors (Lipinski definition) is 4. The average Bonchev–Trinajstić information content (AvgIpc) is 3.28. The Balaban J connectivity index is 1.31. The molecular formula is C26H35N3O3S. The van der Waals surface area contributed by atoms with Crippen LogP contribution in [0.4, 0.5) is 0 Å². The third-order valence-corrected chi connectivity index (χ3v) is 9.42. The van der Waals surface area contributed by atoms with Crippen LogP contribution < -0.4 is 0 Å². The summed E-state index contributed by atoms with van der Waals surface area (Å²) < 4.78 is 26.5. The first kappa shape index (κ1) is 22.7. The van der Waals surface area contributed by atoms with E-state index in [9.17, 15) is 13.2 Å². The lowest BCUT2D eigenvalue weighted by Gasteiger charge is -2.50. The molecule has 2 aromatic rings. The Hall–Kier alpha value is -2.12. The highest BCUT2D eigenvalue weighted by atomic mass is 32.2. The number of carbonyl (C=O) groups excluding carboxylic acids is 1. The maximum absolute atomic E-state index is 13.2. The molecular weight excluding hydrogens is 434 g/mol. The standard InChI is InChI=1S/C26H35N3O3S/c1-27-18-19-29-23(12-13-24(29)33(2,31)32)26(27)14-16-28(17-15-26)25(30)22-10-8-21(9-11-22)20-6-4-3-5-7-20/h8-13,20H,3-7,14-19H2,1-2H3. The van der Waals surface area contributed by atoms with E-state index in [1.165, 1.54) is 43.9 Å². The Bertz CT molecular complexity index is 1120. The second kappa shape index (κ2) is 8.58. The summed E-state index contributed by atoms with van der Waals surface area (Å²) in [5.74, 6) is 0.748. The summed E-state index contributed by atoms with van der Waals surface area (Å²) in [4.78, 5) is 17.6. The van der Waals surface area contributed by atoms with E-state index in [-0.39, 0.29) is 11.4 Å². The number of likely N-dealkylation sites (tertiary alicyclic amines) is 1. The van der Waals surface area contributed by atoms with Gasteiger partial charge in [0.2, 0.25) is 0 Å². The van der Waals surface area contributed by atoms with Gasteiger partial charge in [-0.3, -0.25) is 9.69 Å². The van der Waals surface area contributed by atoms with Crippen molar-refractivity contribution in [2.45, 2.75) is 68.0 Å². The summed E-state index contributed by atoms with van der Waals surface area (Å²) >= 11 is 0. The van der Waals surface area contributed by atoms with Crippen molar-refractivity contribution < 1.29 is 13.2 Å². The molecule has 0 radical (unpaired) electrons. The highest BCUT2D eigenvalue weighted by Gasteiger charge is 2.45. The smallest absolute Gasteiger partial charge is 0.253 e. The third-order valence-electron chi connectivity index (χ3n) is 8.30. The van der Waals surface area contributed by atoms with Crippen LogP contribution in [0.15, 0.2) is 41.4 Å². The van der Waals surface area contributed by atoms with Crippen LogP contribution in [-0.2, 0) is 21.9 Å². The fourth-order valence-corrected chi connectivity index (χ4v) is 7.21. The van der Waals surface area contributed by atoms with E-state index < -0.39 is 9.84 Å². The Morgan fingerprint density at radius 2 is 1.58 bits per heavy atom. The van der Waals surface area contributed by atoms with Crippen molar-refractivity contribution in [2.24, 2.45) is 0 Å². The molecule has 0 unspecified atom stereocenters. The van der Waals surface area contributed by atoms with E-state index in [0.717, 1.165) is 30.6 Å². The van der Waals surface area contributed by atoms with E-state index in [1.54, 1.807) is 6.07 Å². The average molecular weight is 470 g/mol. The van der Waals surface area contributed by atoms with Gasteiger partial charge in [-0.25, -0.2) is 8.42 Å². The number of benzene rings is 1. The zero-order chi connectivity index (χ0) is 23.2. The molecule has 0 atom stereocenters. The van der Waals surface area contributed by atoms with E-state index in [4.69, 9.17) is 0 Å². The van der Waals surface area contributed by atoms with Crippen LogP contribution in [0.5, 0.6) is 0 Å². The van der Waals surface area contributed by atoms with Crippen molar-refractivity contribution >= 4 is 15.7 Å². The second-order valence-electron chi connectivity index (χ2n) is 10.2. The first-order valence-corrected chi connectivity index (χ1v) is 14.2. The van der Waals surface area contributed by atoms with Gasteiger partial charge >= 0.3 is 0 Å². The molecule has 1 amide bonds. The summed E-state index contributed by atoms with van der Waals surface area (Å²) in [7, 11) is -1.14. The summed E-state index contributed by atoms with van der Waals surface area (Å²) in [6, 6.07) is 12.1. The molecule has 178 valence electrons. The zero-order valence-corrected chi connectivity index (χ0v) is 20.6. The number of carbonyl (C=O) groups is 1. The van der Waals surface area contributed by atoms with Crippen molar-refractivity contribution in [1.29, 1.82) is 0 Å². The predicted molar refractivity (Wildman–Crippen MR) is 129 cm³/mol. The monoisotopic (exact) mass is 469 g/mol. The van der Waals surface area contributed by atoms with Crippen LogP contribution in [0.3, 0.4) is 0 Å². The van der Waals surface area contributed by atoms with E-state index >= 15 is 0 Å². The second-order valence-corrected chi connectivity index (χ2v) is 12.1. The fourth-order valence-electron chi connectivity index (χ4n) is 6.30. The molecule has 1 saturated carbocycles. The quantitative estimate of drug-likeness (QED) is 0.681. The highest BCUT2D eigenvalue weighted by molar-refractivity contribution is 7.90. The van der Waals surface area contributed by atoms with Crippen molar-refractivity contribution in [3.8, 4) is 0 Å². The van der Waals surface area contributed by atoms with Crippen molar-refractivity contribution in [3.05, 3.63) is 53.2 Å². The third kappa shape index (κ3) is 4.03. The largest absolute Gasteiger partial charge is 0.338 e. The molecule has 1 spiro atoms. The molecule has 2 aliphatic heterocycles. The number of rotatable bonds is 3. The Kier molecular flexibility index (Phi) is 5.90. The number of piperidine rings is 1. The molecule has 7 heteroatoms. The number of aromatic nitrogens is 1. The highest BCUT2D eigenvalue weighted by Crippen LogP contribution is 2.42. The molecule has 33 heavy (non-hydrogen) atoms. The van der Waals surface area contributed by atoms with Gasteiger partial charge in [0.1, 0.15) is 5.03 Å². The number of amides is 1. The first-order chi connectivity index (χ1) is 15.8. The van der Waals surface area contributed by atoms with Gasteiger partial charge < -0.3 is 9.47 Å². The van der Waals surface area contributed by atoms with Crippen LogP contribution in [0.1, 0.15) is 72.5 Å². The normalized spacial score (nSPS) is 21.8. The minimum atomic E-state index is -3.27. The lowest BCUT2D eigenvalue weighted by molar-refractivity contribution is 0.0117. The summed E-state index contributed by atoms with van der Waals surface area (Å²) in [5.41, 5.74) is 2.99. The maximum Gasteiger partial charge on any atom is 0.253 e. The predicted octanol–water partition coefficient (Wildman–Crippen LogP) is 4.02. The fraction of sp³-hybridized carbons (Fsp3) is 0.577. The van der Waals surface area contributed by atoms with Gasteiger partial charge in [0, 0.05) is 43.7 Å². The van der Waals surface area contributed by atoms with Crippen LogP contribution in [0.25, 0.3) is 0 Å². The summed E-state index contributed by atoms with van der Waals surface area (Å²) in [5, 5.41) is 0.404. The Morgan fingerprint density at radius 1 is 0.909 bits per heavy atom. The Labute approximate surface area is 197 Å². The van der Waals surface area contributed by atoms with Gasteiger partial charge in [0.15, 0.2) is 9.84 Å². The minimum Gasteiger partial charge on any atom is -0.338 e. The molecule has 6 nitrogen and oxygen atoms in total. The molecule has 5 rings (SSSR count). The number of fused-ring (bicyclic) bond motifs is 2. The molecule has 2 fully saturated rings. The van der Waals surface area contributed by atoms with Gasteiger partial charge in [0.05, 0.1) is 5.54 Å². The lowest BCUT2D eigenvalue weighted by Crippen LogP contribution is -2.56. The molecule has 1 aliphatic carbocycles. The van der Waals surface area contributed by atoms with Crippen molar-refractivity contribution in [1.82, 2.24) is 14.4 Å². The van der Waals surface area contributed by atoms with Crippen LogP contribution in [-0.4, -0.2) is 61.6 Å². The minimum absolute atomic E-state index is 0.103. The number of nitrogens with zero attached hydrogens (tertiary/aromatic N) is 3. The van der Waals surface area contributed by atoms with Gasteiger partial charge in [0.25, 0.3) is 5.91 Å². The zero-order valence-electron chi connectivity index (χ0n) is 19.8. The van der Waals surface area contributed by atoms with Gasteiger partial charge in [-0.15, -0.1) is 0 Å². The number of sulfone groups is 1. The van der Waals surface area contributed by atoms with Crippen molar-refractivity contribution in [2.75, 3.05) is 32.9 Å². The SMILES string of the molecule is CN1CCn2c(ccc2S(C)(=O)=O)C12CCN(C(=O)c1ccc(C3CCCCC3)cc1)CC2. The van der Waals surface area contributed by atoms with Gasteiger partial charge in [-0.1, -0.05) is 31.4 Å². The number of hydrogen-bond donors (Lipinski definition) is 0. The maximum atomic E-state index is 13.2. The molecule has 3 aliphatic rings. The molecule has 0 N–H and O–H groups in total. The van der Waals surface area contributed by atoms with Crippen molar-refractivity contribution in [3.63, 3.8) is 0 Å². The molecule has 1 aromatic carbocycles. The Morgan fingerprint density at radius 3 is 2.21 bits per heavy atom. The van der Waals surface area contributed by atoms with Gasteiger partial charge in [-0.05, 0) is 68.5 Å². The number of likely N-dealkylation sites (N-methyl/N-ethyl adjacent to an activating group) is 1. The lowest BCUT2D eigenvalue weighted by atomic mass is 9.81. The van der Waals surface area contributed by atoms with Gasteiger partial charge in [-0.2, -0.15) is 0 Å². The van der Waals surface area contributed by atoms with E-state index in [0.29, 0.717) is 30.6 Å². The van der Waals surface area contributed by atoms with Crippen LogP contribution in [0, 0.1) is 0 Å². The summed E-state index contributed by atoms with van der Waals surface area (Å²) in [6.45, 7) is 2.83. The van der Waals surface area contributed by atoms with E-state index in [2.05, 4.69) is 24.1 Å². The molecule has 0 bridgehead atoms. The van der Waals surface area contributed by atoms with E-state index in [1.807, 2.05) is 27.7 Å². The van der Waals surface area contributed by atoms with Crippen LogP contribution >= 0.6 is 0 Å². The molecule has 1 saturated heterocycles. The first-order valence-electron chi connectivity index (χ1n) is 12.3. The molecule has 1 aromatic heterocycles. The molecule has 3 heterocycles. The van der Waals surface area contributed by atoms with Crippen LogP contribution in [0.2, 0.25) is 0 Å².